The summed E-state index contributed by atoms with van der Waals surface area (Å²) < 4.78 is 0. The van der Waals surface area contributed by atoms with Crippen molar-refractivity contribution in [2.75, 3.05) is 11.9 Å². The number of carbonyl (C=O) groups excluding carboxylic acids is 1. The van der Waals surface area contributed by atoms with Crippen LogP contribution in [-0.2, 0) is 10.2 Å². The molecule has 5 rings (SSSR count). The van der Waals surface area contributed by atoms with Gasteiger partial charge in [-0.3, -0.25) is 4.79 Å². The van der Waals surface area contributed by atoms with Crippen LogP contribution in [0.1, 0.15) is 109 Å². The number of nitrogens with one attached hydrogen (secondary N) is 2. The molecule has 0 aromatic heterocycles. The highest BCUT2D eigenvalue weighted by Crippen LogP contribution is 2.48. The van der Waals surface area contributed by atoms with E-state index < -0.39 is 0 Å². The van der Waals surface area contributed by atoms with Crippen LogP contribution in [0.5, 0.6) is 0 Å². The number of allylic oxidation sites excluding steroid dienone is 1. The van der Waals surface area contributed by atoms with Gasteiger partial charge in [0.25, 0.3) is 0 Å². The Hall–Kier alpha value is -1.77. The minimum atomic E-state index is -0.000506. The zero-order valence-electron chi connectivity index (χ0n) is 21.5. The van der Waals surface area contributed by atoms with Gasteiger partial charge in [0, 0.05) is 29.8 Å². The largest absolute Gasteiger partial charge is 0.388 e. The molecule has 34 heavy (non-hydrogen) atoms. The molecule has 0 spiro atoms. The monoisotopic (exact) mass is 462 g/mol. The number of anilines is 1. The Morgan fingerprint density at radius 3 is 2.32 bits per heavy atom. The standard InChI is InChI=1S/C31H46N2O/c1-23(32-22-30(2)16-9-17-30)31(18-6-7-19-31)26-12-8-13-27(20-26)33-29(34)21-28(25-14-15-25)24-10-4-3-5-11-24/h8,12-13,20,24-25,28,32H,1,3-7,9-11,14-19,21-22H2,2H3,(H,33,34). The third-order valence-corrected chi connectivity index (χ3v) is 9.93. The maximum Gasteiger partial charge on any atom is 0.224 e. The summed E-state index contributed by atoms with van der Waals surface area (Å²) in [6.07, 6.45) is 18.9. The van der Waals surface area contributed by atoms with Crippen molar-refractivity contribution in [1.82, 2.24) is 5.32 Å². The Morgan fingerprint density at radius 1 is 0.971 bits per heavy atom. The Labute approximate surface area is 207 Å². The van der Waals surface area contributed by atoms with Crippen LogP contribution in [0, 0.1) is 23.2 Å². The average molecular weight is 463 g/mol. The fraction of sp³-hybridized carbons (Fsp3) is 0.710. The third kappa shape index (κ3) is 5.24. The van der Waals surface area contributed by atoms with Crippen molar-refractivity contribution in [3.63, 3.8) is 0 Å². The number of hydrogen-bond donors (Lipinski definition) is 2. The lowest BCUT2D eigenvalue weighted by Crippen LogP contribution is -2.41. The molecular weight excluding hydrogens is 416 g/mol. The first-order valence-corrected chi connectivity index (χ1v) is 14.3. The van der Waals surface area contributed by atoms with Crippen molar-refractivity contribution in [2.45, 2.75) is 109 Å². The normalized spacial score (nSPS) is 24.7. The highest BCUT2D eigenvalue weighted by molar-refractivity contribution is 5.91. The molecule has 3 nitrogen and oxygen atoms in total. The lowest BCUT2D eigenvalue weighted by atomic mass is 9.70. The van der Waals surface area contributed by atoms with Gasteiger partial charge in [-0.1, -0.05) is 77.0 Å². The van der Waals surface area contributed by atoms with E-state index >= 15 is 0 Å². The SMILES string of the molecule is C=C(NCC1(C)CCC1)C1(c2cccc(NC(=O)CC(C3CCCCC3)C3CC3)c2)CCCC1. The quantitative estimate of drug-likeness (QED) is 0.373. The molecule has 4 aliphatic rings. The Balaban J connectivity index is 1.25. The number of amides is 1. The molecule has 0 radical (unpaired) electrons. The summed E-state index contributed by atoms with van der Waals surface area (Å²) in [4.78, 5) is 13.2. The summed E-state index contributed by atoms with van der Waals surface area (Å²) >= 11 is 0. The number of benzene rings is 1. The maximum absolute atomic E-state index is 13.2. The molecule has 4 fully saturated rings. The van der Waals surface area contributed by atoms with Gasteiger partial charge >= 0.3 is 0 Å². The highest BCUT2D eigenvalue weighted by Gasteiger charge is 2.41. The fourth-order valence-electron chi connectivity index (χ4n) is 7.32. The zero-order valence-corrected chi connectivity index (χ0v) is 21.5. The van der Waals surface area contributed by atoms with E-state index in [1.54, 1.807) is 0 Å². The number of rotatable bonds is 10. The number of hydrogen-bond acceptors (Lipinski definition) is 2. The van der Waals surface area contributed by atoms with Crippen molar-refractivity contribution in [2.24, 2.45) is 23.2 Å². The van der Waals surface area contributed by atoms with Crippen molar-refractivity contribution in [1.29, 1.82) is 0 Å². The molecule has 3 heteroatoms. The Morgan fingerprint density at radius 2 is 1.68 bits per heavy atom. The van der Waals surface area contributed by atoms with E-state index in [1.165, 1.54) is 88.3 Å². The predicted molar refractivity (Wildman–Crippen MR) is 142 cm³/mol. The van der Waals surface area contributed by atoms with E-state index in [2.05, 4.69) is 48.4 Å². The smallest absolute Gasteiger partial charge is 0.224 e. The summed E-state index contributed by atoms with van der Waals surface area (Å²) in [5.74, 6) is 2.39. The molecule has 0 aliphatic heterocycles. The van der Waals surface area contributed by atoms with E-state index in [0.29, 0.717) is 17.8 Å². The molecule has 0 heterocycles. The van der Waals surface area contributed by atoms with Crippen molar-refractivity contribution >= 4 is 11.6 Å². The van der Waals surface area contributed by atoms with Crippen LogP contribution in [0.25, 0.3) is 0 Å². The first kappa shape index (κ1) is 23.9. The molecule has 2 N–H and O–H groups in total. The second-order valence-corrected chi connectivity index (χ2v) is 12.5. The molecule has 4 aliphatic carbocycles. The van der Waals surface area contributed by atoms with Crippen LogP contribution in [0.4, 0.5) is 5.69 Å². The van der Waals surface area contributed by atoms with Gasteiger partial charge in [-0.15, -0.1) is 0 Å². The fourth-order valence-corrected chi connectivity index (χ4v) is 7.32. The van der Waals surface area contributed by atoms with Crippen molar-refractivity contribution in [3.8, 4) is 0 Å². The van der Waals surface area contributed by atoms with Crippen LogP contribution in [0.3, 0.4) is 0 Å². The maximum atomic E-state index is 13.2. The van der Waals surface area contributed by atoms with Gasteiger partial charge in [0.15, 0.2) is 0 Å². The van der Waals surface area contributed by atoms with Gasteiger partial charge in [-0.2, -0.15) is 0 Å². The summed E-state index contributed by atoms with van der Waals surface area (Å²) in [5, 5.41) is 7.07. The molecule has 1 aromatic rings. The van der Waals surface area contributed by atoms with E-state index in [0.717, 1.165) is 36.9 Å². The molecule has 0 bridgehead atoms. The van der Waals surface area contributed by atoms with Crippen molar-refractivity contribution in [3.05, 3.63) is 42.1 Å². The van der Waals surface area contributed by atoms with Crippen molar-refractivity contribution < 1.29 is 4.79 Å². The lowest BCUT2D eigenvalue weighted by molar-refractivity contribution is -0.117. The molecule has 1 amide bonds. The van der Waals surface area contributed by atoms with Gasteiger partial charge in [-0.25, -0.2) is 0 Å². The lowest BCUT2D eigenvalue weighted by Gasteiger charge is -2.41. The third-order valence-electron chi connectivity index (χ3n) is 9.93. The first-order chi connectivity index (χ1) is 16.5. The van der Waals surface area contributed by atoms with Gasteiger partial charge in [0.1, 0.15) is 0 Å². The average Bonchev–Trinajstić information content (AvgIpc) is 3.55. The molecule has 0 saturated heterocycles. The predicted octanol–water partition coefficient (Wildman–Crippen LogP) is 7.73. The molecule has 4 saturated carbocycles. The topological polar surface area (TPSA) is 41.1 Å². The summed E-state index contributed by atoms with van der Waals surface area (Å²) in [7, 11) is 0. The molecule has 1 atom stereocenters. The Bertz CT molecular complexity index is 869. The van der Waals surface area contributed by atoms with E-state index in [1.807, 2.05) is 0 Å². The Kier molecular flexibility index (Phi) is 7.09. The van der Waals surface area contributed by atoms with Crippen LogP contribution in [0.15, 0.2) is 36.5 Å². The minimum absolute atomic E-state index is 0.000506. The molecular formula is C31H46N2O. The van der Waals surface area contributed by atoms with Crippen LogP contribution >= 0.6 is 0 Å². The molecule has 186 valence electrons. The highest BCUT2D eigenvalue weighted by atomic mass is 16.1. The molecule has 1 unspecified atom stereocenters. The summed E-state index contributed by atoms with van der Waals surface area (Å²) in [6.45, 7) is 7.99. The van der Waals surface area contributed by atoms with Crippen LogP contribution < -0.4 is 10.6 Å². The number of carbonyl (C=O) groups is 1. The summed E-state index contributed by atoms with van der Waals surface area (Å²) in [6, 6.07) is 8.70. The zero-order chi connectivity index (χ0) is 23.6. The van der Waals surface area contributed by atoms with E-state index in [4.69, 9.17) is 0 Å². The second-order valence-electron chi connectivity index (χ2n) is 12.5. The van der Waals surface area contributed by atoms with E-state index in [-0.39, 0.29) is 11.3 Å². The van der Waals surface area contributed by atoms with Gasteiger partial charge in [-0.05, 0) is 79.4 Å². The van der Waals surface area contributed by atoms with Crippen LogP contribution in [0.2, 0.25) is 0 Å². The summed E-state index contributed by atoms with van der Waals surface area (Å²) in [5.41, 5.74) is 3.91. The van der Waals surface area contributed by atoms with Gasteiger partial charge in [0.05, 0.1) is 0 Å². The van der Waals surface area contributed by atoms with E-state index in [9.17, 15) is 4.79 Å². The van der Waals surface area contributed by atoms with Crippen LogP contribution in [-0.4, -0.2) is 12.5 Å². The van der Waals surface area contributed by atoms with Gasteiger partial charge < -0.3 is 10.6 Å². The first-order valence-electron chi connectivity index (χ1n) is 14.3. The molecule has 1 aromatic carbocycles. The van der Waals surface area contributed by atoms with Gasteiger partial charge in [0.2, 0.25) is 5.91 Å². The second kappa shape index (κ2) is 10.1. The minimum Gasteiger partial charge on any atom is -0.388 e.